The van der Waals surface area contributed by atoms with Gasteiger partial charge in [-0.1, -0.05) is 0 Å². The summed E-state index contributed by atoms with van der Waals surface area (Å²) in [7, 11) is 3.11. The van der Waals surface area contributed by atoms with Gasteiger partial charge in [-0.25, -0.2) is 0 Å². The number of hydrogen-bond donors (Lipinski definition) is 1. The smallest absolute Gasteiger partial charge is 0.259 e. The minimum atomic E-state index is -0.260. The van der Waals surface area contributed by atoms with Crippen LogP contribution in [0, 0.1) is 6.92 Å². The first-order chi connectivity index (χ1) is 11.1. The largest absolute Gasteiger partial charge is 0.496 e. The molecule has 0 atom stereocenters. The van der Waals surface area contributed by atoms with Crippen LogP contribution >= 0.6 is 0 Å². The zero-order valence-electron chi connectivity index (χ0n) is 13.8. The maximum atomic E-state index is 12.5. The Morgan fingerprint density at radius 3 is 2.26 bits per heavy atom. The number of amides is 1. The molecule has 122 valence electrons. The standard InChI is InChI=1S/C18H21NO4/c1-5-23-14-8-6-13(7-9-14)19-18(20)15-11-16(21-3)12(2)10-17(15)22-4/h6-11H,5H2,1-4H3,(H,19,20). The lowest BCUT2D eigenvalue weighted by molar-refractivity contribution is 0.102. The number of carbonyl (C=O) groups is 1. The topological polar surface area (TPSA) is 56.8 Å². The van der Waals surface area contributed by atoms with Crippen molar-refractivity contribution in [2.45, 2.75) is 13.8 Å². The Morgan fingerprint density at radius 1 is 1.04 bits per heavy atom. The second-order valence-electron chi connectivity index (χ2n) is 4.93. The fraction of sp³-hybridized carbons (Fsp3) is 0.278. The van der Waals surface area contributed by atoms with Gasteiger partial charge in [-0.2, -0.15) is 0 Å². The maximum Gasteiger partial charge on any atom is 0.259 e. The average Bonchev–Trinajstić information content (AvgIpc) is 2.56. The Labute approximate surface area is 136 Å². The predicted octanol–water partition coefficient (Wildman–Crippen LogP) is 3.66. The summed E-state index contributed by atoms with van der Waals surface area (Å²) in [5, 5.41) is 2.84. The van der Waals surface area contributed by atoms with E-state index in [-0.39, 0.29) is 5.91 Å². The highest BCUT2D eigenvalue weighted by Crippen LogP contribution is 2.29. The van der Waals surface area contributed by atoms with E-state index >= 15 is 0 Å². The van der Waals surface area contributed by atoms with Crippen LogP contribution in [0.1, 0.15) is 22.8 Å². The van der Waals surface area contributed by atoms with Gasteiger partial charge in [0.15, 0.2) is 0 Å². The SMILES string of the molecule is CCOc1ccc(NC(=O)c2cc(OC)c(C)cc2OC)cc1. The van der Waals surface area contributed by atoms with Crippen molar-refractivity contribution < 1.29 is 19.0 Å². The second-order valence-corrected chi connectivity index (χ2v) is 4.93. The van der Waals surface area contributed by atoms with Gasteiger partial charge < -0.3 is 19.5 Å². The fourth-order valence-electron chi connectivity index (χ4n) is 2.23. The summed E-state index contributed by atoms with van der Waals surface area (Å²) < 4.78 is 16.0. The third kappa shape index (κ3) is 3.94. The van der Waals surface area contributed by atoms with Gasteiger partial charge in [0.25, 0.3) is 5.91 Å². The first kappa shape index (κ1) is 16.7. The molecule has 0 aliphatic heterocycles. The van der Waals surface area contributed by atoms with E-state index in [2.05, 4.69) is 5.32 Å². The third-order valence-corrected chi connectivity index (χ3v) is 3.38. The Kier molecular flexibility index (Phi) is 5.46. The summed E-state index contributed by atoms with van der Waals surface area (Å²) in [5.41, 5.74) is 2.01. The van der Waals surface area contributed by atoms with Crippen LogP contribution in [0.2, 0.25) is 0 Å². The van der Waals surface area contributed by atoms with E-state index in [1.165, 1.54) is 7.11 Å². The molecule has 0 saturated carbocycles. The first-order valence-corrected chi connectivity index (χ1v) is 7.35. The zero-order chi connectivity index (χ0) is 16.8. The second kappa shape index (κ2) is 7.54. The molecule has 0 heterocycles. The van der Waals surface area contributed by atoms with Gasteiger partial charge in [-0.05, 0) is 55.8 Å². The number of anilines is 1. The molecule has 0 radical (unpaired) electrons. The minimum Gasteiger partial charge on any atom is -0.496 e. The number of carbonyl (C=O) groups excluding carboxylic acids is 1. The van der Waals surface area contributed by atoms with Crippen LogP contribution < -0.4 is 19.5 Å². The molecule has 0 fully saturated rings. The Bertz CT molecular complexity index is 680. The summed E-state index contributed by atoms with van der Waals surface area (Å²) in [5.74, 6) is 1.65. The molecule has 5 heteroatoms. The summed E-state index contributed by atoms with van der Waals surface area (Å²) >= 11 is 0. The number of ether oxygens (including phenoxy) is 3. The van der Waals surface area contributed by atoms with Crippen molar-refractivity contribution in [3.63, 3.8) is 0 Å². The highest BCUT2D eigenvalue weighted by Gasteiger charge is 2.16. The number of methoxy groups -OCH3 is 2. The number of rotatable bonds is 6. The van der Waals surface area contributed by atoms with Crippen molar-refractivity contribution in [1.82, 2.24) is 0 Å². The zero-order valence-corrected chi connectivity index (χ0v) is 13.8. The van der Waals surface area contributed by atoms with Crippen LogP contribution in [0.15, 0.2) is 36.4 Å². The van der Waals surface area contributed by atoms with Gasteiger partial charge in [0.05, 0.1) is 26.4 Å². The molecule has 2 rings (SSSR count). The highest BCUT2D eigenvalue weighted by atomic mass is 16.5. The van der Waals surface area contributed by atoms with Crippen LogP contribution in [0.3, 0.4) is 0 Å². The van der Waals surface area contributed by atoms with Crippen molar-refractivity contribution in [3.05, 3.63) is 47.5 Å². The molecule has 1 N–H and O–H groups in total. The predicted molar refractivity (Wildman–Crippen MR) is 89.8 cm³/mol. The van der Waals surface area contributed by atoms with Gasteiger partial charge in [-0.15, -0.1) is 0 Å². The fourth-order valence-corrected chi connectivity index (χ4v) is 2.23. The summed E-state index contributed by atoms with van der Waals surface area (Å²) in [6.07, 6.45) is 0. The molecule has 0 bridgehead atoms. The molecule has 0 unspecified atom stereocenters. The molecule has 0 aliphatic rings. The Balaban J connectivity index is 2.22. The Morgan fingerprint density at radius 2 is 1.70 bits per heavy atom. The molecule has 1 amide bonds. The van der Waals surface area contributed by atoms with Crippen LogP contribution in [0.25, 0.3) is 0 Å². The van der Waals surface area contributed by atoms with Crippen LogP contribution in [0.4, 0.5) is 5.69 Å². The van der Waals surface area contributed by atoms with Crippen molar-refractivity contribution >= 4 is 11.6 Å². The first-order valence-electron chi connectivity index (χ1n) is 7.35. The summed E-state index contributed by atoms with van der Waals surface area (Å²) in [6, 6.07) is 10.7. The summed E-state index contributed by atoms with van der Waals surface area (Å²) in [4.78, 5) is 12.5. The molecule has 2 aromatic rings. The normalized spacial score (nSPS) is 10.1. The van der Waals surface area contributed by atoms with E-state index in [0.717, 1.165) is 11.3 Å². The third-order valence-electron chi connectivity index (χ3n) is 3.38. The molecular formula is C18H21NO4. The van der Waals surface area contributed by atoms with Crippen LogP contribution in [-0.2, 0) is 0 Å². The van der Waals surface area contributed by atoms with E-state index in [4.69, 9.17) is 14.2 Å². The van der Waals surface area contributed by atoms with Gasteiger partial charge in [0.1, 0.15) is 17.2 Å². The molecule has 0 aliphatic carbocycles. The molecule has 0 saturated heterocycles. The molecule has 2 aromatic carbocycles. The van der Waals surface area contributed by atoms with E-state index in [9.17, 15) is 4.79 Å². The lowest BCUT2D eigenvalue weighted by atomic mass is 10.1. The van der Waals surface area contributed by atoms with E-state index in [1.54, 1.807) is 31.4 Å². The molecule has 0 aromatic heterocycles. The number of aryl methyl sites for hydroxylation is 1. The molecule has 0 spiro atoms. The van der Waals surface area contributed by atoms with Crippen LogP contribution in [-0.4, -0.2) is 26.7 Å². The number of benzene rings is 2. The van der Waals surface area contributed by atoms with Gasteiger partial charge in [0.2, 0.25) is 0 Å². The maximum absolute atomic E-state index is 12.5. The van der Waals surface area contributed by atoms with Crippen molar-refractivity contribution in [2.24, 2.45) is 0 Å². The highest BCUT2D eigenvalue weighted by molar-refractivity contribution is 6.06. The van der Waals surface area contributed by atoms with Gasteiger partial charge in [-0.3, -0.25) is 4.79 Å². The van der Waals surface area contributed by atoms with E-state index < -0.39 is 0 Å². The monoisotopic (exact) mass is 315 g/mol. The average molecular weight is 315 g/mol. The van der Waals surface area contributed by atoms with Crippen molar-refractivity contribution in [3.8, 4) is 17.2 Å². The number of nitrogens with one attached hydrogen (secondary N) is 1. The van der Waals surface area contributed by atoms with E-state index in [1.807, 2.05) is 26.0 Å². The molecular weight excluding hydrogens is 294 g/mol. The minimum absolute atomic E-state index is 0.260. The van der Waals surface area contributed by atoms with Crippen molar-refractivity contribution in [1.29, 1.82) is 0 Å². The lowest BCUT2D eigenvalue weighted by Crippen LogP contribution is -2.13. The van der Waals surface area contributed by atoms with Crippen LogP contribution in [0.5, 0.6) is 17.2 Å². The molecule has 23 heavy (non-hydrogen) atoms. The lowest BCUT2D eigenvalue weighted by Gasteiger charge is -2.13. The molecule has 5 nitrogen and oxygen atoms in total. The van der Waals surface area contributed by atoms with E-state index in [0.29, 0.717) is 29.4 Å². The Hall–Kier alpha value is -2.69. The van der Waals surface area contributed by atoms with Gasteiger partial charge in [0, 0.05) is 5.69 Å². The van der Waals surface area contributed by atoms with Crippen molar-refractivity contribution in [2.75, 3.05) is 26.1 Å². The quantitative estimate of drug-likeness (QED) is 0.884. The van der Waals surface area contributed by atoms with Gasteiger partial charge >= 0.3 is 0 Å². The summed E-state index contributed by atoms with van der Waals surface area (Å²) in [6.45, 7) is 4.42. The number of hydrogen-bond acceptors (Lipinski definition) is 4.